The molecule has 10 heteroatoms. The van der Waals surface area contributed by atoms with Crippen molar-refractivity contribution in [2.75, 3.05) is 26.2 Å². The molecule has 2 aliphatic heterocycles. The first-order valence-corrected chi connectivity index (χ1v) is 13.3. The van der Waals surface area contributed by atoms with Crippen LogP contribution >= 0.6 is 34.8 Å². The summed E-state index contributed by atoms with van der Waals surface area (Å²) in [6, 6.07) is 9.64. The van der Waals surface area contributed by atoms with Gasteiger partial charge in [0.15, 0.2) is 0 Å². The molecule has 0 spiro atoms. The van der Waals surface area contributed by atoms with Crippen LogP contribution in [0.1, 0.15) is 48.0 Å². The van der Waals surface area contributed by atoms with Crippen LogP contribution in [0.4, 0.5) is 5.69 Å². The van der Waals surface area contributed by atoms with Gasteiger partial charge >= 0.3 is 0 Å². The van der Waals surface area contributed by atoms with Gasteiger partial charge in [-0.05, 0) is 55.2 Å². The summed E-state index contributed by atoms with van der Waals surface area (Å²) in [6.45, 7) is 2.49. The van der Waals surface area contributed by atoms with Gasteiger partial charge in [0.05, 0.1) is 25.4 Å². The molecular formula is C26H26Cl3N3O4. The number of nitro benzene ring substituents is 1. The second-order valence-electron chi connectivity index (χ2n) is 10.1. The summed E-state index contributed by atoms with van der Waals surface area (Å²) >= 11 is 18.3. The van der Waals surface area contributed by atoms with Gasteiger partial charge in [-0.25, -0.2) is 0 Å². The summed E-state index contributed by atoms with van der Waals surface area (Å²) in [6.07, 6.45) is 3.98. The van der Waals surface area contributed by atoms with E-state index < -0.39 is 10.3 Å². The molecule has 3 aliphatic rings. The fourth-order valence-electron chi connectivity index (χ4n) is 5.95. The Morgan fingerprint density at radius 3 is 2.08 bits per heavy atom. The average molecular weight is 551 g/mol. The molecule has 2 amide bonds. The number of hydrogen-bond donors (Lipinski definition) is 0. The van der Waals surface area contributed by atoms with Crippen LogP contribution in [0.15, 0.2) is 36.4 Å². The van der Waals surface area contributed by atoms with E-state index in [1.54, 1.807) is 24.3 Å². The molecule has 3 fully saturated rings. The van der Waals surface area contributed by atoms with Crippen LogP contribution in [0.3, 0.4) is 0 Å². The number of nitrogens with zero attached hydrogens (tertiary/aromatic N) is 3. The second kappa shape index (κ2) is 9.84. The van der Waals surface area contributed by atoms with Gasteiger partial charge in [-0.15, -0.1) is 0 Å². The van der Waals surface area contributed by atoms with Crippen molar-refractivity contribution in [1.82, 2.24) is 9.80 Å². The monoisotopic (exact) mass is 549 g/mol. The number of nitro groups is 1. The quantitative estimate of drug-likeness (QED) is 0.266. The fourth-order valence-corrected chi connectivity index (χ4v) is 6.55. The summed E-state index contributed by atoms with van der Waals surface area (Å²) in [5.41, 5.74) is 0.524. The molecule has 2 atom stereocenters. The molecule has 0 unspecified atom stereocenters. The lowest BCUT2D eigenvalue weighted by Crippen LogP contribution is -2.50. The number of likely N-dealkylation sites (tertiary alicyclic amines) is 2. The Morgan fingerprint density at radius 1 is 0.944 bits per heavy atom. The summed E-state index contributed by atoms with van der Waals surface area (Å²) in [7, 11) is 0. The SMILES string of the molecule is O=C(c1cc(Cl)c(Cl)c(Cl)c1)N1CC[C@@H]2CN(C(=O)C3(c4cccc([N+](=O)[O-])c4)CCC3)C[C@@H]2CC1. The highest BCUT2D eigenvalue weighted by Gasteiger charge is 2.50. The highest BCUT2D eigenvalue weighted by molar-refractivity contribution is 6.48. The van der Waals surface area contributed by atoms with Gasteiger partial charge in [0.2, 0.25) is 5.91 Å². The summed E-state index contributed by atoms with van der Waals surface area (Å²) in [5, 5.41) is 12.0. The number of carbonyl (C=O) groups is 2. The molecule has 2 aromatic carbocycles. The number of fused-ring (bicyclic) bond motifs is 1. The molecule has 0 aromatic heterocycles. The van der Waals surface area contributed by atoms with Gasteiger partial charge in [-0.2, -0.15) is 0 Å². The predicted octanol–water partition coefficient (Wildman–Crippen LogP) is 5.99. The second-order valence-corrected chi connectivity index (χ2v) is 11.3. The number of rotatable bonds is 4. The van der Waals surface area contributed by atoms with Gasteiger partial charge in [0.25, 0.3) is 11.6 Å². The molecular weight excluding hydrogens is 525 g/mol. The molecule has 5 rings (SSSR count). The summed E-state index contributed by atoms with van der Waals surface area (Å²) in [4.78, 5) is 41.6. The summed E-state index contributed by atoms with van der Waals surface area (Å²) in [5.74, 6) is 0.584. The molecule has 2 saturated heterocycles. The maximum atomic E-state index is 13.8. The zero-order valence-electron chi connectivity index (χ0n) is 19.6. The van der Waals surface area contributed by atoms with Crippen molar-refractivity contribution in [3.63, 3.8) is 0 Å². The van der Waals surface area contributed by atoms with E-state index in [0.29, 0.717) is 56.4 Å². The number of hydrogen-bond acceptors (Lipinski definition) is 4. The first-order chi connectivity index (χ1) is 17.2. The molecule has 7 nitrogen and oxygen atoms in total. The Hall–Kier alpha value is -2.35. The van der Waals surface area contributed by atoms with Crippen LogP contribution in [0, 0.1) is 22.0 Å². The van der Waals surface area contributed by atoms with Crippen molar-refractivity contribution in [1.29, 1.82) is 0 Å². The Labute approximate surface area is 224 Å². The summed E-state index contributed by atoms with van der Waals surface area (Å²) < 4.78 is 0. The number of benzene rings is 2. The van der Waals surface area contributed by atoms with Gasteiger partial charge in [0.1, 0.15) is 0 Å². The predicted molar refractivity (Wildman–Crippen MR) is 139 cm³/mol. The van der Waals surface area contributed by atoms with Crippen LogP contribution in [-0.2, 0) is 10.2 Å². The standard InChI is InChI=1S/C26H26Cl3N3O4/c27-21-11-18(12-22(28)23(21)29)24(33)30-9-5-16-14-31(15-17(16)6-10-30)25(34)26(7-2-8-26)19-3-1-4-20(13-19)32(35)36/h1,3-4,11-13,16-17H,2,5-10,14-15H2/t16-,17+. The third-order valence-electron chi connectivity index (χ3n) is 8.15. The van der Waals surface area contributed by atoms with Gasteiger partial charge in [-0.1, -0.05) is 53.4 Å². The van der Waals surface area contributed by atoms with Crippen LogP contribution in [0.5, 0.6) is 0 Å². The molecule has 0 N–H and O–H groups in total. The lowest BCUT2D eigenvalue weighted by molar-refractivity contribution is -0.385. The van der Waals surface area contributed by atoms with E-state index in [9.17, 15) is 19.7 Å². The van der Waals surface area contributed by atoms with Crippen LogP contribution in [-0.4, -0.2) is 52.7 Å². The number of amides is 2. The Balaban J connectivity index is 1.27. The van der Waals surface area contributed by atoms with Crippen molar-refractivity contribution in [2.24, 2.45) is 11.8 Å². The Bertz CT molecular complexity index is 1190. The highest BCUT2D eigenvalue weighted by atomic mass is 35.5. The minimum absolute atomic E-state index is 0.0196. The zero-order valence-corrected chi connectivity index (χ0v) is 21.9. The Morgan fingerprint density at radius 2 is 1.56 bits per heavy atom. The maximum Gasteiger partial charge on any atom is 0.269 e. The number of non-ortho nitro benzene ring substituents is 1. The lowest BCUT2D eigenvalue weighted by Gasteiger charge is -2.43. The third kappa shape index (κ3) is 4.46. The topological polar surface area (TPSA) is 83.8 Å². The molecule has 0 bridgehead atoms. The largest absolute Gasteiger partial charge is 0.341 e. The minimum Gasteiger partial charge on any atom is -0.341 e. The van der Waals surface area contributed by atoms with E-state index in [-0.39, 0.29) is 32.6 Å². The van der Waals surface area contributed by atoms with Gasteiger partial charge in [0, 0.05) is 43.9 Å². The van der Waals surface area contributed by atoms with Crippen molar-refractivity contribution in [2.45, 2.75) is 37.5 Å². The fraction of sp³-hybridized carbons (Fsp3) is 0.462. The van der Waals surface area contributed by atoms with Crippen LogP contribution in [0.2, 0.25) is 15.1 Å². The maximum absolute atomic E-state index is 13.8. The first-order valence-electron chi connectivity index (χ1n) is 12.2. The molecule has 2 heterocycles. The van der Waals surface area contributed by atoms with Crippen molar-refractivity contribution < 1.29 is 14.5 Å². The third-order valence-corrected chi connectivity index (χ3v) is 9.34. The average Bonchev–Trinajstić information content (AvgIpc) is 3.14. The zero-order chi connectivity index (χ0) is 25.6. The highest BCUT2D eigenvalue weighted by Crippen LogP contribution is 2.47. The van der Waals surface area contributed by atoms with Crippen LogP contribution in [0.25, 0.3) is 0 Å². The van der Waals surface area contributed by atoms with E-state index in [2.05, 4.69) is 0 Å². The van der Waals surface area contributed by atoms with E-state index in [1.807, 2.05) is 15.9 Å². The normalized spacial score (nSPS) is 23.0. The molecule has 1 saturated carbocycles. The van der Waals surface area contributed by atoms with Crippen molar-refractivity contribution in [3.8, 4) is 0 Å². The molecule has 1 aliphatic carbocycles. The minimum atomic E-state index is -0.662. The molecule has 36 heavy (non-hydrogen) atoms. The van der Waals surface area contributed by atoms with Gasteiger partial charge < -0.3 is 9.80 Å². The van der Waals surface area contributed by atoms with E-state index in [0.717, 1.165) is 24.8 Å². The molecule has 2 aromatic rings. The smallest absolute Gasteiger partial charge is 0.269 e. The Kier molecular flexibility index (Phi) is 6.92. The lowest BCUT2D eigenvalue weighted by atomic mass is 9.63. The van der Waals surface area contributed by atoms with Crippen LogP contribution < -0.4 is 0 Å². The first kappa shape index (κ1) is 25.3. The number of halogens is 3. The van der Waals surface area contributed by atoms with Crippen molar-refractivity contribution in [3.05, 3.63) is 72.7 Å². The number of carbonyl (C=O) groups excluding carboxylic acids is 2. The van der Waals surface area contributed by atoms with Gasteiger partial charge in [-0.3, -0.25) is 19.7 Å². The molecule has 0 radical (unpaired) electrons. The van der Waals surface area contributed by atoms with Crippen molar-refractivity contribution >= 4 is 52.3 Å². The molecule has 190 valence electrons. The van der Waals surface area contributed by atoms with E-state index in [1.165, 1.54) is 6.07 Å². The van der Waals surface area contributed by atoms with E-state index in [4.69, 9.17) is 34.8 Å². The van der Waals surface area contributed by atoms with E-state index >= 15 is 0 Å².